The van der Waals surface area contributed by atoms with E-state index in [0.717, 1.165) is 19.4 Å². The van der Waals surface area contributed by atoms with Gasteiger partial charge in [0.25, 0.3) is 0 Å². The van der Waals surface area contributed by atoms with Gasteiger partial charge in [-0.3, -0.25) is 0 Å². The molecule has 1 aliphatic carbocycles. The summed E-state index contributed by atoms with van der Waals surface area (Å²) in [5.41, 5.74) is -0.0212. The molecule has 0 bridgehead atoms. The first-order valence-electron chi connectivity index (χ1n) is 6.80. The third-order valence-electron chi connectivity index (χ3n) is 3.71. The molecule has 0 aromatic carbocycles. The van der Waals surface area contributed by atoms with Crippen LogP contribution in [-0.4, -0.2) is 34.8 Å². The summed E-state index contributed by atoms with van der Waals surface area (Å²) in [6.07, 6.45) is 6.07. The van der Waals surface area contributed by atoms with E-state index in [4.69, 9.17) is 11.6 Å². The summed E-state index contributed by atoms with van der Waals surface area (Å²) in [6, 6.07) is 0. The molecule has 0 atom stereocenters. The van der Waals surface area contributed by atoms with Crippen molar-refractivity contribution in [3.8, 4) is 0 Å². The van der Waals surface area contributed by atoms with E-state index < -0.39 is 0 Å². The molecule has 106 valence electrons. The molecule has 1 heterocycles. The van der Waals surface area contributed by atoms with Crippen LogP contribution in [0.25, 0.3) is 0 Å². The first kappa shape index (κ1) is 14.3. The molecule has 6 heteroatoms. The van der Waals surface area contributed by atoms with Gasteiger partial charge in [-0.2, -0.15) is 4.98 Å². The minimum Gasteiger partial charge on any atom is -0.396 e. The number of nitrogens with zero attached hydrogens (tertiary/aromatic N) is 2. The van der Waals surface area contributed by atoms with Crippen molar-refractivity contribution in [2.75, 3.05) is 30.3 Å². The van der Waals surface area contributed by atoms with Crippen LogP contribution >= 0.6 is 11.6 Å². The normalized spacial score (nSPS) is 17.4. The number of aliphatic hydroxyl groups is 1. The van der Waals surface area contributed by atoms with Crippen molar-refractivity contribution >= 4 is 23.4 Å². The Hall–Kier alpha value is -1.07. The van der Waals surface area contributed by atoms with E-state index in [2.05, 4.69) is 20.6 Å². The molecule has 1 aliphatic rings. The lowest BCUT2D eigenvalue weighted by Crippen LogP contribution is -2.31. The van der Waals surface area contributed by atoms with Gasteiger partial charge in [-0.1, -0.05) is 24.4 Å². The van der Waals surface area contributed by atoms with E-state index >= 15 is 0 Å². The first-order valence-corrected chi connectivity index (χ1v) is 7.18. The van der Waals surface area contributed by atoms with Gasteiger partial charge in [-0.15, -0.1) is 0 Å². The first-order chi connectivity index (χ1) is 9.19. The van der Waals surface area contributed by atoms with Gasteiger partial charge in [0.1, 0.15) is 5.02 Å². The molecule has 1 aromatic rings. The Morgan fingerprint density at radius 1 is 1.37 bits per heavy atom. The number of hydrogen-bond acceptors (Lipinski definition) is 5. The third-order valence-corrected chi connectivity index (χ3v) is 3.99. The highest BCUT2D eigenvalue weighted by molar-refractivity contribution is 6.32. The summed E-state index contributed by atoms with van der Waals surface area (Å²) in [5, 5.41) is 16.4. The molecular weight excluding hydrogens is 264 g/mol. The smallest absolute Gasteiger partial charge is 0.224 e. The zero-order chi connectivity index (χ0) is 13.7. The van der Waals surface area contributed by atoms with E-state index in [9.17, 15) is 5.11 Å². The van der Waals surface area contributed by atoms with Crippen molar-refractivity contribution in [2.24, 2.45) is 5.41 Å². The summed E-state index contributed by atoms with van der Waals surface area (Å²) in [7, 11) is 0. The Labute approximate surface area is 118 Å². The molecule has 0 unspecified atom stereocenters. The van der Waals surface area contributed by atoms with Crippen LogP contribution in [-0.2, 0) is 0 Å². The zero-order valence-corrected chi connectivity index (χ0v) is 12.0. The van der Waals surface area contributed by atoms with Crippen molar-refractivity contribution in [1.82, 2.24) is 9.97 Å². The minimum atomic E-state index is -0.0212. The summed E-state index contributed by atoms with van der Waals surface area (Å²) in [6.45, 7) is 3.67. The van der Waals surface area contributed by atoms with Crippen LogP contribution < -0.4 is 10.6 Å². The van der Waals surface area contributed by atoms with E-state index in [0.29, 0.717) is 23.3 Å². The van der Waals surface area contributed by atoms with Crippen molar-refractivity contribution in [1.29, 1.82) is 0 Å². The fourth-order valence-corrected chi connectivity index (χ4v) is 2.68. The molecule has 3 N–H and O–H groups in total. The standard InChI is InChI=1S/C13H21ClN4O/c1-2-15-12-16-7-10(14)11(18-12)17-8-13(9-19)5-3-4-6-13/h7,19H,2-6,8-9H2,1H3,(H2,15,16,17,18). The fourth-order valence-electron chi connectivity index (χ4n) is 2.52. The van der Waals surface area contributed by atoms with Crippen LogP contribution in [0, 0.1) is 5.41 Å². The predicted octanol–water partition coefficient (Wildman–Crippen LogP) is 2.53. The largest absolute Gasteiger partial charge is 0.396 e. The van der Waals surface area contributed by atoms with Crippen molar-refractivity contribution in [3.63, 3.8) is 0 Å². The Kier molecular flexibility index (Phi) is 4.82. The highest BCUT2D eigenvalue weighted by atomic mass is 35.5. The summed E-state index contributed by atoms with van der Waals surface area (Å²) in [5.74, 6) is 1.20. The number of anilines is 2. The number of aliphatic hydroxyl groups excluding tert-OH is 1. The second kappa shape index (κ2) is 6.39. The summed E-state index contributed by atoms with van der Waals surface area (Å²) in [4.78, 5) is 8.44. The number of halogens is 1. The van der Waals surface area contributed by atoms with Gasteiger partial charge in [-0.05, 0) is 19.8 Å². The molecule has 1 saturated carbocycles. The fraction of sp³-hybridized carbons (Fsp3) is 0.692. The monoisotopic (exact) mass is 284 g/mol. The Morgan fingerprint density at radius 2 is 2.11 bits per heavy atom. The Morgan fingerprint density at radius 3 is 2.74 bits per heavy atom. The predicted molar refractivity (Wildman–Crippen MR) is 77.7 cm³/mol. The molecule has 0 aliphatic heterocycles. The van der Waals surface area contributed by atoms with Crippen LogP contribution in [0.2, 0.25) is 5.02 Å². The average Bonchev–Trinajstić information content (AvgIpc) is 2.89. The summed E-state index contributed by atoms with van der Waals surface area (Å²) >= 11 is 6.09. The number of nitrogens with one attached hydrogen (secondary N) is 2. The molecule has 1 fully saturated rings. The number of rotatable bonds is 6. The molecule has 0 radical (unpaired) electrons. The SMILES string of the molecule is CCNc1ncc(Cl)c(NCC2(CO)CCCC2)n1. The van der Waals surface area contributed by atoms with Gasteiger partial charge in [0.05, 0.1) is 12.8 Å². The minimum absolute atomic E-state index is 0.0212. The molecule has 0 spiro atoms. The van der Waals surface area contributed by atoms with Gasteiger partial charge in [0, 0.05) is 18.5 Å². The molecule has 1 aromatic heterocycles. The van der Waals surface area contributed by atoms with E-state index in [1.54, 1.807) is 6.20 Å². The molecule has 2 rings (SSSR count). The van der Waals surface area contributed by atoms with Gasteiger partial charge in [0.15, 0.2) is 5.82 Å². The van der Waals surface area contributed by atoms with Gasteiger partial charge in [-0.25, -0.2) is 4.98 Å². The number of hydrogen-bond donors (Lipinski definition) is 3. The second-order valence-corrected chi connectivity index (χ2v) is 5.55. The quantitative estimate of drug-likeness (QED) is 0.749. The lowest BCUT2D eigenvalue weighted by Gasteiger charge is -2.27. The van der Waals surface area contributed by atoms with Crippen LogP contribution in [0.3, 0.4) is 0 Å². The van der Waals surface area contributed by atoms with E-state index in [1.807, 2.05) is 6.92 Å². The molecule has 5 nitrogen and oxygen atoms in total. The molecule has 19 heavy (non-hydrogen) atoms. The van der Waals surface area contributed by atoms with E-state index in [-0.39, 0.29) is 12.0 Å². The number of aromatic nitrogens is 2. The maximum atomic E-state index is 9.58. The molecule has 0 saturated heterocycles. The lowest BCUT2D eigenvalue weighted by molar-refractivity contribution is 0.142. The van der Waals surface area contributed by atoms with Crippen LogP contribution in [0.5, 0.6) is 0 Å². The van der Waals surface area contributed by atoms with Crippen LogP contribution in [0.1, 0.15) is 32.6 Å². The van der Waals surface area contributed by atoms with Crippen molar-refractivity contribution in [2.45, 2.75) is 32.6 Å². The summed E-state index contributed by atoms with van der Waals surface area (Å²) < 4.78 is 0. The highest BCUT2D eigenvalue weighted by Gasteiger charge is 2.33. The van der Waals surface area contributed by atoms with Gasteiger partial charge >= 0.3 is 0 Å². The Balaban J connectivity index is 2.03. The lowest BCUT2D eigenvalue weighted by atomic mass is 9.87. The maximum Gasteiger partial charge on any atom is 0.224 e. The topological polar surface area (TPSA) is 70.1 Å². The van der Waals surface area contributed by atoms with Crippen molar-refractivity contribution < 1.29 is 5.11 Å². The maximum absolute atomic E-state index is 9.58. The highest BCUT2D eigenvalue weighted by Crippen LogP contribution is 2.38. The zero-order valence-electron chi connectivity index (χ0n) is 11.2. The van der Waals surface area contributed by atoms with Crippen LogP contribution in [0.4, 0.5) is 11.8 Å². The third kappa shape index (κ3) is 3.48. The van der Waals surface area contributed by atoms with Crippen molar-refractivity contribution in [3.05, 3.63) is 11.2 Å². The Bertz CT molecular complexity index is 421. The van der Waals surface area contributed by atoms with E-state index in [1.165, 1.54) is 12.8 Å². The van der Waals surface area contributed by atoms with Crippen LogP contribution in [0.15, 0.2) is 6.20 Å². The molecular formula is C13H21ClN4O. The molecule has 0 amide bonds. The van der Waals surface area contributed by atoms with Gasteiger partial charge < -0.3 is 15.7 Å². The van der Waals surface area contributed by atoms with Gasteiger partial charge in [0.2, 0.25) is 5.95 Å². The average molecular weight is 285 g/mol. The second-order valence-electron chi connectivity index (χ2n) is 5.14.